The van der Waals surface area contributed by atoms with Crippen molar-refractivity contribution in [2.45, 2.75) is 46.3 Å². The van der Waals surface area contributed by atoms with E-state index in [2.05, 4.69) is 24.1 Å². The standard InChI is InChI=1S/C14H24N2O2/c1-10(2)12(7-9-17)16-14-13(18-11(3)4)6-5-8-15-14/h5-6,8,10-12,17H,7,9H2,1-4H3,(H,15,16). The molecular formula is C14H24N2O2. The minimum Gasteiger partial charge on any atom is -0.487 e. The Morgan fingerprint density at radius 1 is 1.33 bits per heavy atom. The molecule has 1 rings (SSSR count). The van der Waals surface area contributed by atoms with Crippen molar-refractivity contribution in [2.24, 2.45) is 5.92 Å². The van der Waals surface area contributed by atoms with E-state index in [1.807, 2.05) is 26.0 Å². The zero-order valence-electron chi connectivity index (χ0n) is 11.7. The fraction of sp³-hybridized carbons (Fsp3) is 0.643. The third-order valence-corrected chi connectivity index (χ3v) is 2.70. The molecule has 1 heterocycles. The number of anilines is 1. The van der Waals surface area contributed by atoms with Crippen LogP contribution in [0.15, 0.2) is 18.3 Å². The molecule has 0 spiro atoms. The molecule has 2 N–H and O–H groups in total. The lowest BCUT2D eigenvalue weighted by molar-refractivity contribution is 0.241. The fourth-order valence-corrected chi connectivity index (χ4v) is 1.73. The zero-order chi connectivity index (χ0) is 13.5. The van der Waals surface area contributed by atoms with Gasteiger partial charge in [0.05, 0.1) is 6.10 Å². The van der Waals surface area contributed by atoms with Gasteiger partial charge >= 0.3 is 0 Å². The molecular weight excluding hydrogens is 228 g/mol. The number of nitrogens with zero attached hydrogens (tertiary/aromatic N) is 1. The van der Waals surface area contributed by atoms with E-state index in [9.17, 15) is 0 Å². The molecule has 0 aliphatic heterocycles. The van der Waals surface area contributed by atoms with Gasteiger partial charge in [0.15, 0.2) is 11.6 Å². The molecule has 0 aliphatic rings. The maximum absolute atomic E-state index is 9.09. The van der Waals surface area contributed by atoms with E-state index >= 15 is 0 Å². The van der Waals surface area contributed by atoms with E-state index in [0.717, 1.165) is 11.6 Å². The van der Waals surface area contributed by atoms with E-state index < -0.39 is 0 Å². The van der Waals surface area contributed by atoms with E-state index in [4.69, 9.17) is 9.84 Å². The zero-order valence-corrected chi connectivity index (χ0v) is 11.7. The van der Waals surface area contributed by atoms with Crippen LogP contribution < -0.4 is 10.1 Å². The van der Waals surface area contributed by atoms with Gasteiger partial charge in [-0.05, 0) is 38.3 Å². The Hall–Kier alpha value is -1.29. The van der Waals surface area contributed by atoms with Gasteiger partial charge in [-0.2, -0.15) is 0 Å². The Morgan fingerprint density at radius 3 is 2.61 bits per heavy atom. The van der Waals surface area contributed by atoms with Crippen LogP contribution in [0, 0.1) is 5.92 Å². The Kier molecular flexibility index (Phi) is 5.92. The number of hydrogen-bond donors (Lipinski definition) is 2. The quantitative estimate of drug-likeness (QED) is 0.783. The molecule has 1 aromatic rings. The lowest BCUT2D eigenvalue weighted by atomic mass is 10.0. The summed E-state index contributed by atoms with van der Waals surface area (Å²) in [5.41, 5.74) is 0. The van der Waals surface area contributed by atoms with Crippen LogP contribution in [0.25, 0.3) is 0 Å². The number of aliphatic hydroxyl groups excluding tert-OH is 1. The monoisotopic (exact) mass is 252 g/mol. The number of aromatic nitrogens is 1. The fourth-order valence-electron chi connectivity index (χ4n) is 1.73. The highest BCUT2D eigenvalue weighted by atomic mass is 16.5. The van der Waals surface area contributed by atoms with Gasteiger partial charge in [0, 0.05) is 18.8 Å². The van der Waals surface area contributed by atoms with Gasteiger partial charge in [0.25, 0.3) is 0 Å². The first-order valence-electron chi connectivity index (χ1n) is 6.53. The van der Waals surface area contributed by atoms with Gasteiger partial charge in [-0.3, -0.25) is 0 Å². The van der Waals surface area contributed by atoms with Crippen molar-refractivity contribution in [1.29, 1.82) is 0 Å². The number of hydrogen-bond acceptors (Lipinski definition) is 4. The maximum Gasteiger partial charge on any atom is 0.168 e. The normalized spacial score (nSPS) is 12.8. The lowest BCUT2D eigenvalue weighted by Gasteiger charge is -2.23. The Bertz CT molecular complexity index is 353. The summed E-state index contributed by atoms with van der Waals surface area (Å²) in [6.45, 7) is 8.40. The predicted molar refractivity (Wildman–Crippen MR) is 74.0 cm³/mol. The average molecular weight is 252 g/mol. The van der Waals surface area contributed by atoms with Crippen molar-refractivity contribution in [2.75, 3.05) is 11.9 Å². The largest absolute Gasteiger partial charge is 0.487 e. The summed E-state index contributed by atoms with van der Waals surface area (Å²) in [5, 5.41) is 12.4. The summed E-state index contributed by atoms with van der Waals surface area (Å²) in [6.07, 6.45) is 2.56. The average Bonchev–Trinajstić information content (AvgIpc) is 2.30. The molecule has 0 radical (unpaired) electrons. The van der Waals surface area contributed by atoms with E-state index in [1.165, 1.54) is 0 Å². The minimum atomic E-state index is 0.116. The maximum atomic E-state index is 9.09. The molecule has 0 fully saturated rings. The molecule has 1 atom stereocenters. The molecule has 0 bridgehead atoms. The highest BCUT2D eigenvalue weighted by Crippen LogP contribution is 2.24. The molecule has 1 aromatic heterocycles. The van der Waals surface area contributed by atoms with Crippen LogP contribution in [-0.2, 0) is 0 Å². The van der Waals surface area contributed by atoms with Gasteiger partial charge < -0.3 is 15.2 Å². The second-order valence-electron chi connectivity index (χ2n) is 5.02. The van der Waals surface area contributed by atoms with Crippen molar-refractivity contribution in [1.82, 2.24) is 4.98 Å². The van der Waals surface area contributed by atoms with Crippen molar-refractivity contribution in [3.05, 3.63) is 18.3 Å². The topological polar surface area (TPSA) is 54.4 Å². The van der Waals surface area contributed by atoms with Crippen LogP contribution in [0.3, 0.4) is 0 Å². The summed E-state index contributed by atoms with van der Waals surface area (Å²) in [7, 11) is 0. The van der Waals surface area contributed by atoms with Crippen LogP contribution in [0.4, 0.5) is 5.82 Å². The summed E-state index contributed by atoms with van der Waals surface area (Å²) >= 11 is 0. The van der Waals surface area contributed by atoms with Crippen LogP contribution >= 0.6 is 0 Å². The van der Waals surface area contributed by atoms with Gasteiger partial charge in [-0.25, -0.2) is 4.98 Å². The SMILES string of the molecule is CC(C)Oc1cccnc1NC(CCO)C(C)C. The Balaban J connectivity index is 2.81. The Labute approximate surface area is 109 Å². The first kappa shape index (κ1) is 14.8. The second-order valence-corrected chi connectivity index (χ2v) is 5.02. The molecule has 0 amide bonds. The highest BCUT2D eigenvalue weighted by Gasteiger charge is 2.15. The molecule has 1 unspecified atom stereocenters. The van der Waals surface area contributed by atoms with Crippen LogP contribution in [-0.4, -0.2) is 28.8 Å². The van der Waals surface area contributed by atoms with Gasteiger partial charge in [0.2, 0.25) is 0 Å². The summed E-state index contributed by atoms with van der Waals surface area (Å²) in [5.74, 6) is 1.93. The van der Waals surface area contributed by atoms with Crippen molar-refractivity contribution >= 4 is 5.82 Å². The van der Waals surface area contributed by atoms with E-state index in [-0.39, 0.29) is 18.8 Å². The van der Waals surface area contributed by atoms with Crippen molar-refractivity contribution < 1.29 is 9.84 Å². The summed E-state index contributed by atoms with van der Waals surface area (Å²) < 4.78 is 5.72. The molecule has 0 aromatic carbocycles. The number of nitrogens with one attached hydrogen (secondary N) is 1. The first-order valence-corrected chi connectivity index (χ1v) is 6.53. The number of ether oxygens (including phenoxy) is 1. The molecule has 0 aliphatic carbocycles. The van der Waals surface area contributed by atoms with Crippen molar-refractivity contribution in [3.8, 4) is 5.75 Å². The number of rotatable bonds is 7. The van der Waals surface area contributed by atoms with Crippen molar-refractivity contribution in [3.63, 3.8) is 0 Å². The minimum absolute atomic E-state index is 0.116. The number of aliphatic hydroxyl groups is 1. The van der Waals surface area contributed by atoms with Crippen LogP contribution in [0.2, 0.25) is 0 Å². The second kappa shape index (κ2) is 7.21. The van der Waals surface area contributed by atoms with Crippen LogP contribution in [0.5, 0.6) is 5.75 Å². The Morgan fingerprint density at radius 2 is 2.06 bits per heavy atom. The van der Waals surface area contributed by atoms with E-state index in [1.54, 1.807) is 6.20 Å². The molecule has 4 heteroatoms. The summed E-state index contributed by atoms with van der Waals surface area (Å²) in [4.78, 5) is 4.32. The van der Waals surface area contributed by atoms with Gasteiger partial charge in [-0.15, -0.1) is 0 Å². The predicted octanol–water partition coefficient (Wildman–Crippen LogP) is 2.69. The third-order valence-electron chi connectivity index (χ3n) is 2.70. The third kappa shape index (κ3) is 4.53. The molecule has 102 valence electrons. The molecule has 4 nitrogen and oxygen atoms in total. The number of pyridine rings is 1. The van der Waals surface area contributed by atoms with E-state index in [0.29, 0.717) is 12.3 Å². The molecule has 18 heavy (non-hydrogen) atoms. The molecule has 0 saturated carbocycles. The first-order chi connectivity index (χ1) is 8.54. The van der Waals surface area contributed by atoms with Crippen LogP contribution in [0.1, 0.15) is 34.1 Å². The lowest BCUT2D eigenvalue weighted by Crippen LogP contribution is -2.27. The smallest absolute Gasteiger partial charge is 0.168 e. The molecule has 0 saturated heterocycles. The summed E-state index contributed by atoms with van der Waals surface area (Å²) in [6, 6.07) is 3.96. The van der Waals surface area contributed by atoms with Gasteiger partial charge in [-0.1, -0.05) is 13.8 Å². The highest BCUT2D eigenvalue weighted by molar-refractivity contribution is 5.50. The van der Waals surface area contributed by atoms with Gasteiger partial charge in [0.1, 0.15) is 0 Å².